The van der Waals surface area contributed by atoms with E-state index in [1.54, 1.807) is 13.2 Å². The highest BCUT2D eigenvalue weighted by Gasteiger charge is 2.52. The summed E-state index contributed by atoms with van der Waals surface area (Å²) in [5, 5.41) is 7.21. The maximum Gasteiger partial charge on any atom is 0.272 e. The van der Waals surface area contributed by atoms with Crippen molar-refractivity contribution in [2.24, 2.45) is 0 Å². The van der Waals surface area contributed by atoms with Gasteiger partial charge in [-0.25, -0.2) is 0 Å². The summed E-state index contributed by atoms with van der Waals surface area (Å²) in [5.41, 5.74) is 3.20. The molecule has 32 heavy (non-hydrogen) atoms. The first-order valence-electron chi connectivity index (χ1n) is 10.9. The van der Waals surface area contributed by atoms with E-state index in [4.69, 9.17) is 9.47 Å². The standard InChI is InChI=1S/C25H28N4O3/c1-28(14-18-7-4-3-5-8-18)20-13-25(32-15-20)16-29(17-25)24(30)23-12-22(26-27-23)19-9-6-10-21(11-19)31-2/h3-12,20H,13-17H2,1-2H3,(H,26,27). The first-order chi connectivity index (χ1) is 15.5. The van der Waals surface area contributed by atoms with Crippen molar-refractivity contribution in [1.82, 2.24) is 20.0 Å². The van der Waals surface area contributed by atoms with Crippen molar-refractivity contribution in [2.45, 2.75) is 24.6 Å². The Morgan fingerprint density at radius 3 is 2.81 bits per heavy atom. The molecule has 1 aromatic heterocycles. The maximum absolute atomic E-state index is 13.0. The highest BCUT2D eigenvalue weighted by Crippen LogP contribution is 2.37. The molecule has 1 N–H and O–H groups in total. The molecule has 2 saturated heterocycles. The Kier molecular flexibility index (Phi) is 5.45. The summed E-state index contributed by atoms with van der Waals surface area (Å²) in [6, 6.07) is 20.3. The second kappa shape index (κ2) is 8.41. The smallest absolute Gasteiger partial charge is 0.272 e. The number of ether oxygens (including phenoxy) is 2. The van der Waals surface area contributed by atoms with Crippen LogP contribution in [0.4, 0.5) is 0 Å². The normalized spacial score (nSPS) is 19.3. The number of nitrogens with one attached hydrogen (secondary N) is 1. The first kappa shape index (κ1) is 20.7. The van der Waals surface area contributed by atoms with Gasteiger partial charge in [0.05, 0.1) is 32.5 Å². The fourth-order valence-electron chi connectivity index (χ4n) is 4.65. The Labute approximate surface area is 187 Å². The predicted molar refractivity (Wildman–Crippen MR) is 121 cm³/mol. The second-order valence-corrected chi connectivity index (χ2v) is 8.81. The van der Waals surface area contributed by atoms with Crippen LogP contribution in [0.1, 0.15) is 22.5 Å². The SMILES string of the molecule is COc1cccc(-c2cc(C(=O)N3CC4(CC(N(C)Cc5ccccc5)CO4)C3)[nH]n2)c1. The largest absolute Gasteiger partial charge is 0.497 e. The minimum Gasteiger partial charge on any atom is -0.497 e. The zero-order valence-electron chi connectivity index (χ0n) is 18.5. The van der Waals surface area contributed by atoms with Crippen molar-refractivity contribution in [3.63, 3.8) is 0 Å². The van der Waals surface area contributed by atoms with Gasteiger partial charge in [-0.05, 0) is 37.2 Å². The number of aromatic nitrogens is 2. The third-order valence-corrected chi connectivity index (χ3v) is 6.51. The van der Waals surface area contributed by atoms with Crippen LogP contribution in [0.15, 0.2) is 60.7 Å². The van der Waals surface area contributed by atoms with Gasteiger partial charge in [-0.3, -0.25) is 14.8 Å². The summed E-state index contributed by atoms with van der Waals surface area (Å²) in [6.45, 7) is 2.84. The van der Waals surface area contributed by atoms with E-state index in [0.29, 0.717) is 31.4 Å². The summed E-state index contributed by atoms with van der Waals surface area (Å²) in [5.74, 6) is 0.718. The molecule has 0 radical (unpaired) electrons. The Hall–Kier alpha value is -3.16. The Bertz CT molecular complexity index is 1090. The van der Waals surface area contributed by atoms with Gasteiger partial charge in [0.2, 0.25) is 0 Å². The molecule has 3 aromatic rings. The number of hydrogen-bond donors (Lipinski definition) is 1. The number of nitrogens with zero attached hydrogens (tertiary/aromatic N) is 3. The zero-order chi connectivity index (χ0) is 22.1. The number of carbonyl (C=O) groups excluding carboxylic acids is 1. The summed E-state index contributed by atoms with van der Waals surface area (Å²) in [4.78, 5) is 17.1. The molecule has 7 heteroatoms. The highest BCUT2D eigenvalue weighted by atomic mass is 16.5. The summed E-state index contributed by atoms with van der Waals surface area (Å²) < 4.78 is 11.5. The van der Waals surface area contributed by atoms with Gasteiger partial charge in [0.15, 0.2) is 0 Å². The van der Waals surface area contributed by atoms with Crippen molar-refractivity contribution in [3.8, 4) is 17.0 Å². The predicted octanol–water partition coefficient (Wildman–Crippen LogP) is 3.20. The van der Waals surface area contributed by atoms with Crippen LogP contribution in [0.3, 0.4) is 0 Å². The van der Waals surface area contributed by atoms with Crippen molar-refractivity contribution in [1.29, 1.82) is 0 Å². The van der Waals surface area contributed by atoms with Crippen LogP contribution in [0.5, 0.6) is 5.75 Å². The lowest BCUT2D eigenvalue weighted by Crippen LogP contribution is -2.63. The van der Waals surface area contributed by atoms with Crippen LogP contribution < -0.4 is 4.74 Å². The molecular weight excluding hydrogens is 404 g/mol. The molecule has 5 rings (SSSR count). The number of likely N-dealkylation sites (tertiary alicyclic amines) is 1. The van der Waals surface area contributed by atoms with Gasteiger partial charge in [0, 0.05) is 18.2 Å². The molecule has 166 valence electrons. The van der Waals surface area contributed by atoms with Crippen molar-refractivity contribution < 1.29 is 14.3 Å². The summed E-state index contributed by atoms with van der Waals surface area (Å²) in [6.07, 6.45) is 0.943. The molecule has 2 aliphatic rings. The molecule has 1 spiro atoms. The number of hydrogen-bond acceptors (Lipinski definition) is 5. The molecule has 0 saturated carbocycles. The third kappa shape index (κ3) is 4.01. The van der Waals surface area contributed by atoms with Gasteiger partial charge in [0.25, 0.3) is 5.91 Å². The monoisotopic (exact) mass is 432 g/mol. The van der Waals surface area contributed by atoms with Crippen LogP contribution in [0.25, 0.3) is 11.3 Å². The molecule has 0 aliphatic carbocycles. The minimum atomic E-state index is -0.221. The van der Waals surface area contributed by atoms with Gasteiger partial charge >= 0.3 is 0 Å². The van der Waals surface area contributed by atoms with Crippen molar-refractivity contribution in [3.05, 3.63) is 71.9 Å². The van der Waals surface area contributed by atoms with Gasteiger partial charge in [-0.15, -0.1) is 0 Å². The number of H-pyrrole nitrogens is 1. The molecule has 2 aliphatic heterocycles. The number of benzene rings is 2. The molecule has 1 amide bonds. The van der Waals surface area contributed by atoms with Crippen molar-refractivity contribution >= 4 is 5.91 Å². The Morgan fingerprint density at radius 2 is 2.03 bits per heavy atom. The van der Waals surface area contributed by atoms with Gasteiger partial charge < -0.3 is 14.4 Å². The second-order valence-electron chi connectivity index (χ2n) is 8.81. The molecule has 7 nitrogen and oxygen atoms in total. The number of aromatic amines is 1. The van der Waals surface area contributed by atoms with Crippen LogP contribution >= 0.6 is 0 Å². The molecular formula is C25H28N4O3. The molecule has 1 unspecified atom stereocenters. The van der Waals surface area contributed by atoms with Crippen LogP contribution in [-0.2, 0) is 11.3 Å². The summed E-state index contributed by atoms with van der Waals surface area (Å²) in [7, 11) is 3.78. The zero-order valence-corrected chi connectivity index (χ0v) is 18.5. The van der Waals surface area contributed by atoms with E-state index < -0.39 is 0 Å². The van der Waals surface area contributed by atoms with E-state index in [0.717, 1.165) is 30.0 Å². The number of methoxy groups -OCH3 is 1. The maximum atomic E-state index is 13.0. The van der Waals surface area contributed by atoms with Crippen LogP contribution in [-0.4, -0.2) is 71.4 Å². The Morgan fingerprint density at radius 1 is 1.22 bits per heavy atom. The number of likely N-dealkylation sites (N-methyl/N-ethyl adjacent to an activating group) is 1. The van der Waals surface area contributed by atoms with Gasteiger partial charge in [0.1, 0.15) is 17.0 Å². The Balaban J connectivity index is 1.18. The van der Waals surface area contributed by atoms with E-state index in [-0.39, 0.29) is 11.5 Å². The first-order valence-corrected chi connectivity index (χ1v) is 10.9. The average Bonchev–Trinajstić information content (AvgIpc) is 3.47. The van der Waals surface area contributed by atoms with Crippen LogP contribution in [0.2, 0.25) is 0 Å². The van der Waals surface area contributed by atoms with E-state index in [9.17, 15) is 4.79 Å². The number of amides is 1. The number of rotatable bonds is 6. The average molecular weight is 433 g/mol. The van der Waals surface area contributed by atoms with Crippen molar-refractivity contribution in [2.75, 3.05) is 33.9 Å². The van der Waals surface area contributed by atoms with E-state index >= 15 is 0 Å². The minimum absolute atomic E-state index is 0.0399. The van der Waals surface area contributed by atoms with Gasteiger partial charge in [-0.1, -0.05) is 42.5 Å². The highest BCUT2D eigenvalue weighted by molar-refractivity contribution is 5.94. The fraction of sp³-hybridized carbons (Fsp3) is 0.360. The lowest BCUT2D eigenvalue weighted by atomic mass is 9.88. The summed E-state index contributed by atoms with van der Waals surface area (Å²) >= 11 is 0. The molecule has 3 heterocycles. The van der Waals surface area contributed by atoms with E-state index in [1.807, 2.05) is 35.2 Å². The number of carbonyl (C=O) groups is 1. The van der Waals surface area contributed by atoms with Gasteiger partial charge in [-0.2, -0.15) is 5.10 Å². The molecule has 1 atom stereocenters. The fourth-order valence-corrected chi connectivity index (χ4v) is 4.65. The molecule has 0 bridgehead atoms. The lowest BCUT2D eigenvalue weighted by molar-refractivity contribution is -0.0952. The quantitative estimate of drug-likeness (QED) is 0.648. The topological polar surface area (TPSA) is 70.7 Å². The third-order valence-electron chi connectivity index (χ3n) is 6.51. The lowest BCUT2D eigenvalue weighted by Gasteiger charge is -2.47. The van der Waals surface area contributed by atoms with E-state index in [2.05, 4.69) is 46.4 Å². The van der Waals surface area contributed by atoms with E-state index in [1.165, 1.54) is 5.56 Å². The molecule has 2 aromatic carbocycles. The molecule has 2 fully saturated rings. The van der Waals surface area contributed by atoms with Crippen LogP contribution in [0, 0.1) is 0 Å².